The second-order valence-electron chi connectivity index (χ2n) is 7.93. The van der Waals surface area contributed by atoms with Gasteiger partial charge in [0.05, 0.1) is 18.2 Å². The Labute approximate surface area is 191 Å². The Morgan fingerprint density at radius 3 is 2.18 bits per heavy atom. The quantitative estimate of drug-likeness (QED) is 0.310. The topological polar surface area (TPSA) is 68.3 Å². The van der Waals surface area contributed by atoms with E-state index in [0.29, 0.717) is 17.5 Å². The summed E-state index contributed by atoms with van der Waals surface area (Å²) in [6.07, 6.45) is 1.96. The molecule has 0 unspecified atom stereocenters. The van der Waals surface area contributed by atoms with Crippen molar-refractivity contribution in [1.82, 2.24) is 10.3 Å². The Kier molecular flexibility index (Phi) is 5.45. The monoisotopic (exact) mass is 434 g/mol. The smallest absolute Gasteiger partial charge is 0.328 e. The molecule has 0 radical (unpaired) electrons. The molecule has 0 aliphatic carbocycles. The fraction of sp³-hybridized carbons (Fsp3) is 0.107. The van der Waals surface area contributed by atoms with Crippen LogP contribution in [0.15, 0.2) is 91.1 Å². The summed E-state index contributed by atoms with van der Waals surface area (Å²) in [6.45, 7) is 0. The van der Waals surface area contributed by atoms with Gasteiger partial charge in [-0.05, 0) is 45.3 Å². The van der Waals surface area contributed by atoms with Gasteiger partial charge in [0.15, 0.2) is 0 Å². The van der Waals surface area contributed by atoms with Crippen molar-refractivity contribution in [3.05, 3.63) is 102 Å². The fourth-order valence-electron chi connectivity index (χ4n) is 4.39. The molecule has 4 aromatic carbocycles. The number of ether oxygens (including phenoxy) is 1. The van der Waals surface area contributed by atoms with Crippen molar-refractivity contribution in [3.8, 4) is 0 Å². The molecule has 0 saturated carbocycles. The van der Waals surface area contributed by atoms with Crippen LogP contribution in [0.1, 0.15) is 15.9 Å². The first-order valence-electron chi connectivity index (χ1n) is 10.8. The van der Waals surface area contributed by atoms with Gasteiger partial charge in [0.25, 0.3) is 5.91 Å². The number of hydrogen-bond acceptors (Lipinski definition) is 4. The van der Waals surface area contributed by atoms with Crippen LogP contribution in [0.4, 0.5) is 0 Å². The van der Waals surface area contributed by atoms with E-state index in [1.165, 1.54) is 7.11 Å². The van der Waals surface area contributed by atoms with E-state index < -0.39 is 12.0 Å². The molecule has 0 aliphatic rings. The fourth-order valence-corrected chi connectivity index (χ4v) is 4.39. The number of carbonyl (C=O) groups excluding carboxylic acids is 2. The number of amides is 1. The minimum atomic E-state index is -0.851. The van der Waals surface area contributed by atoms with Gasteiger partial charge in [0.1, 0.15) is 6.04 Å². The molecule has 1 N–H and O–H groups in total. The van der Waals surface area contributed by atoms with E-state index >= 15 is 0 Å². The molecular weight excluding hydrogens is 412 g/mol. The van der Waals surface area contributed by atoms with Crippen LogP contribution < -0.4 is 5.32 Å². The lowest BCUT2D eigenvalue weighted by Crippen LogP contribution is -2.43. The number of methoxy groups -OCH3 is 1. The summed E-state index contributed by atoms with van der Waals surface area (Å²) in [7, 11) is 1.34. The number of hydrogen-bond donors (Lipinski definition) is 1. The van der Waals surface area contributed by atoms with Crippen LogP contribution in [0.3, 0.4) is 0 Å². The zero-order valence-corrected chi connectivity index (χ0v) is 18.1. The molecule has 1 heterocycles. The molecule has 0 spiro atoms. The summed E-state index contributed by atoms with van der Waals surface area (Å²) in [5.41, 5.74) is 2.01. The van der Waals surface area contributed by atoms with Gasteiger partial charge in [-0.2, -0.15) is 0 Å². The second kappa shape index (κ2) is 8.71. The first-order valence-corrected chi connectivity index (χ1v) is 10.8. The second-order valence-corrected chi connectivity index (χ2v) is 7.93. The number of pyridine rings is 1. The molecule has 33 heavy (non-hydrogen) atoms. The van der Waals surface area contributed by atoms with Crippen LogP contribution in [0.2, 0.25) is 0 Å². The van der Waals surface area contributed by atoms with Crippen molar-refractivity contribution in [2.45, 2.75) is 12.5 Å². The Balaban J connectivity index is 1.56. The maximum absolute atomic E-state index is 13.2. The number of fused-ring (bicyclic) bond motifs is 3. The number of esters is 1. The van der Waals surface area contributed by atoms with Gasteiger partial charge >= 0.3 is 5.97 Å². The van der Waals surface area contributed by atoms with E-state index in [0.717, 1.165) is 32.5 Å². The minimum absolute atomic E-state index is 0.304. The van der Waals surface area contributed by atoms with E-state index in [4.69, 9.17) is 4.74 Å². The Morgan fingerprint density at radius 2 is 1.48 bits per heavy atom. The third-order valence-corrected chi connectivity index (χ3v) is 5.96. The zero-order chi connectivity index (χ0) is 22.8. The number of benzene rings is 4. The number of rotatable bonds is 5. The molecule has 0 bridgehead atoms. The van der Waals surface area contributed by atoms with E-state index in [1.54, 1.807) is 12.3 Å². The van der Waals surface area contributed by atoms with Gasteiger partial charge in [-0.15, -0.1) is 0 Å². The average Bonchev–Trinajstić information content (AvgIpc) is 2.87. The van der Waals surface area contributed by atoms with Crippen LogP contribution in [-0.4, -0.2) is 30.0 Å². The highest BCUT2D eigenvalue weighted by molar-refractivity contribution is 6.07. The summed E-state index contributed by atoms with van der Waals surface area (Å²) >= 11 is 0. The predicted molar refractivity (Wildman–Crippen MR) is 130 cm³/mol. The summed E-state index contributed by atoms with van der Waals surface area (Å²) in [5.74, 6) is -0.854. The lowest BCUT2D eigenvalue weighted by molar-refractivity contribution is -0.142. The first-order chi connectivity index (χ1) is 16.2. The summed E-state index contributed by atoms with van der Waals surface area (Å²) in [5, 5.41) is 8.02. The SMILES string of the molecule is COC(=O)[C@@H](Cc1c2ccccc2cc2ccccc12)NC(=O)c1cccc2cccnc12. The third-order valence-electron chi connectivity index (χ3n) is 5.96. The van der Waals surface area contributed by atoms with Crippen LogP contribution in [0.5, 0.6) is 0 Å². The molecule has 1 aromatic heterocycles. The predicted octanol–water partition coefficient (Wildman–Crippen LogP) is 5.06. The van der Waals surface area contributed by atoms with Gasteiger partial charge < -0.3 is 10.1 Å². The van der Waals surface area contributed by atoms with Gasteiger partial charge in [0.2, 0.25) is 0 Å². The molecule has 1 amide bonds. The number of aromatic nitrogens is 1. The summed E-state index contributed by atoms with van der Waals surface area (Å²) < 4.78 is 5.06. The summed E-state index contributed by atoms with van der Waals surface area (Å²) in [4.78, 5) is 30.4. The maximum atomic E-state index is 13.2. The van der Waals surface area contributed by atoms with E-state index in [-0.39, 0.29) is 5.91 Å². The Hall–Kier alpha value is -4.25. The average molecular weight is 434 g/mol. The van der Waals surface area contributed by atoms with Crippen molar-refractivity contribution in [1.29, 1.82) is 0 Å². The molecule has 5 heteroatoms. The number of para-hydroxylation sites is 1. The largest absolute Gasteiger partial charge is 0.467 e. The Morgan fingerprint density at radius 1 is 0.848 bits per heavy atom. The van der Waals surface area contributed by atoms with Crippen LogP contribution in [0.25, 0.3) is 32.4 Å². The molecule has 0 fully saturated rings. The van der Waals surface area contributed by atoms with E-state index in [1.807, 2.05) is 60.7 Å². The Bertz CT molecular complexity index is 1450. The number of nitrogens with one attached hydrogen (secondary N) is 1. The maximum Gasteiger partial charge on any atom is 0.328 e. The van der Waals surface area contributed by atoms with Crippen LogP contribution in [-0.2, 0) is 16.0 Å². The molecule has 0 saturated heterocycles. The molecule has 0 aliphatic heterocycles. The molecule has 162 valence electrons. The normalized spacial score (nSPS) is 12.0. The number of carbonyl (C=O) groups is 2. The lowest BCUT2D eigenvalue weighted by atomic mass is 9.92. The standard InChI is InChI=1S/C28H22N2O3/c1-33-28(32)25(30-27(31)23-14-6-10-18-11-7-15-29-26(18)23)17-24-21-12-4-2-8-19(21)16-20-9-3-5-13-22(20)24/h2-16,25H,17H2,1H3,(H,30,31)/t25-/m1/s1. The van der Waals surface area contributed by atoms with Crippen molar-refractivity contribution in [3.63, 3.8) is 0 Å². The van der Waals surface area contributed by atoms with Crippen LogP contribution >= 0.6 is 0 Å². The number of nitrogens with zero attached hydrogens (tertiary/aromatic N) is 1. The third kappa shape index (κ3) is 3.89. The van der Waals surface area contributed by atoms with Gasteiger partial charge in [-0.1, -0.05) is 66.7 Å². The molecule has 5 aromatic rings. The van der Waals surface area contributed by atoms with Gasteiger partial charge in [-0.25, -0.2) is 4.79 Å². The van der Waals surface area contributed by atoms with Crippen molar-refractivity contribution in [2.24, 2.45) is 0 Å². The lowest BCUT2D eigenvalue weighted by Gasteiger charge is -2.19. The summed E-state index contributed by atoms with van der Waals surface area (Å²) in [6, 6.07) is 26.6. The zero-order valence-electron chi connectivity index (χ0n) is 18.1. The van der Waals surface area contributed by atoms with Gasteiger partial charge in [-0.3, -0.25) is 9.78 Å². The molecule has 5 nitrogen and oxygen atoms in total. The van der Waals surface area contributed by atoms with Crippen molar-refractivity contribution in [2.75, 3.05) is 7.11 Å². The molecule has 5 rings (SSSR count). The highest BCUT2D eigenvalue weighted by atomic mass is 16.5. The van der Waals surface area contributed by atoms with E-state index in [9.17, 15) is 9.59 Å². The highest BCUT2D eigenvalue weighted by Gasteiger charge is 2.25. The minimum Gasteiger partial charge on any atom is -0.467 e. The van der Waals surface area contributed by atoms with Crippen molar-refractivity contribution < 1.29 is 14.3 Å². The first kappa shape index (κ1) is 20.6. The van der Waals surface area contributed by atoms with Gasteiger partial charge in [0, 0.05) is 18.0 Å². The van der Waals surface area contributed by atoms with Crippen molar-refractivity contribution >= 4 is 44.3 Å². The van der Waals surface area contributed by atoms with Crippen LogP contribution in [0, 0.1) is 0 Å². The molecule has 1 atom stereocenters. The highest BCUT2D eigenvalue weighted by Crippen LogP contribution is 2.29. The molecular formula is C28H22N2O3. The van der Waals surface area contributed by atoms with E-state index in [2.05, 4.69) is 28.5 Å².